The van der Waals surface area contributed by atoms with Gasteiger partial charge in [-0.25, -0.2) is 0 Å². The van der Waals surface area contributed by atoms with Crippen LogP contribution in [0.3, 0.4) is 0 Å². The predicted octanol–water partition coefficient (Wildman–Crippen LogP) is 5.14. The lowest BCUT2D eigenvalue weighted by molar-refractivity contribution is 0.345. The Morgan fingerprint density at radius 2 is 1.88 bits per heavy atom. The minimum absolute atomic E-state index is 0.472. The maximum atomic E-state index is 3.64. The van der Waals surface area contributed by atoms with Crippen LogP contribution in [0.4, 0.5) is 0 Å². The Hall–Kier alpha value is 0.390. The van der Waals surface area contributed by atoms with Gasteiger partial charge in [-0.05, 0) is 58.8 Å². The fourth-order valence-corrected chi connectivity index (χ4v) is 3.31. The highest BCUT2D eigenvalue weighted by molar-refractivity contribution is 14.1. The lowest BCUT2D eigenvalue weighted by atomic mass is 9.89. The molecule has 0 aromatic heterocycles. The van der Waals surface area contributed by atoms with Gasteiger partial charge in [0.2, 0.25) is 0 Å². The molecule has 1 N–H and O–H groups in total. The second kappa shape index (κ2) is 7.74. The summed E-state index contributed by atoms with van der Waals surface area (Å²) in [6.07, 6.45) is 2.44. The van der Waals surface area contributed by atoms with Crippen molar-refractivity contribution in [3.8, 4) is 0 Å². The van der Waals surface area contributed by atoms with Gasteiger partial charge in [0.05, 0.1) is 0 Å². The molecule has 0 saturated heterocycles. The summed E-state index contributed by atoms with van der Waals surface area (Å²) in [6.45, 7) is 7.76. The lowest BCUT2D eigenvalue weighted by Gasteiger charge is -2.27. The van der Waals surface area contributed by atoms with Crippen molar-refractivity contribution in [1.29, 1.82) is 0 Å². The molecule has 0 aliphatic carbocycles. The molecule has 0 heterocycles. The lowest BCUT2D eigenvalue weighted by Crippen LogP contribution is -2.28. The van der Waals surface area contributed by atoms with Gasteiger partial charge in [-0.15, -0.1) is 0 Å². The highest BCUT2D eigenvalue weighted by atomic mass is 127. The van der Waals surface area contributed by atoms with Gasteiger partial charge in [0.25, 0.3) is 0 Å². The molecule has 0 radical (unpaired) electrons. The smallest absolute Gasteiger partial charge is 0.0359 e. The number of benzene rings is 1. The largest absolute Gasteiger partial charge is 0.310 e. The molecule has 96 valence electrons. The number of rotatable bonds is 6. The van der Waals surface area contributed by atoms with Crippen LogP contribution in [0.15, 0.2) is 22.7 Å². The van der Waals surface area contributed by atoms with E-state index >= 15 is 0 Å². The van der Waals surface area contributed by atoms with E-state index < -0.39 is 0 Å². The van der Waals surface area contributed by atoms with Crippen LogP contribution in [-0.4, -0.2) is 6.54 Å². The summed E-state index contributed by atoms with van der Waals surface area (Å²) in [5, 5.41) is 3.64. The molecule has 0 saturated carbocycles. The van der Waals surface area contributed by atoms with Gasteiger partial charge in [0.15, 0.2) is 0 Å². The first-order chi connectivity index (χ1) is 8.13. The minimum atomic E-state index is 0.472. The Morgan fingerprint density at radius 3 is 2.41 bits per heavy atom. The standard InChI is InChI=1S/C14H21BrIN/c1-4-10(5-2)14(17-6-3)12-9-11(15)7-8-13(12)16/h7-10,14,17H,4-6H2,1-3H3. The molecule has 1 unspecified atom stereocenters. The molecular formula is C14H21BrIN. The zero-order valence-electron chi connectivity index (χ0n) is 10.8. The minimum Gasteiger partial charge on any atom is -0.310 e. The van der Waals surface area contributed by atoms with E-state index in [1.165, 1.54) is 26.4 Å². The van der Waals surface area contributed by atoms with Crippen LogP contribution in [0.2, 0.25) is 0 Å². The fourth-order valence-electron chi connectivity index (χ4n) is 2.26. The first kappa shape index (κ1) is 15.4. The molecule has 0 bridgehead atoms. The van der Waals surface area contributed by atoms with Crippen LogP contribution in [0.1, 0.15) is 45.2 Å². The number of hydrogen-bond acceptors (Lipinski definition) is 1. The zero-order valence-corrected chi connectivity index (χ0v) is 14.5. The molecule has 0 aliphatic heterocycles. The first-order valence-corrected chi connectivity index (χ1v) is 8.19. The molecule has 1 rings (SSSR count). The Balaban J connectivity index is 3.07. The maximum absolute atomic E-state index is 3.64. The summed E-state index contributed by atoms with van der Waals surface area (Å²) < 4.78 is 2.52. The van der Waals surface area contributed by atoms with E-state index in [-0.39, 0.29) is 0 Å². The highest BCUT2D eigenvalue weighted by Crippen LogP contribution is 2.32. The second-order valence-electron chi connectivity index (χ2n) is 4.28. The van der Waals surface area contributed by atoms with Gasteiger partial charge >= 0.3 is 0 Å². The maximum Gasteiger partial charge on any atom is 0.0359 e. The van der Waals surface area contributed by atoms with E-state index in [0.29, 0.717) is 12.0 Å². The van der Waals surface area contributed by atoms with Gasteiger partial charge in [-0.2, -0.15) is 0 Å². The molecular weight excluding hydrogens is 389 g/mol. The fraction of sp³-hybridized carbons (Fsp3) is 0.571. The van der Waals surface area contributed by atoms with E-state index in [1.807, 2.05) is 0 Å². The van der Waals surface area contributed by atoms with E-state index in [0.717, 1.165) is 6.54 Å². The summed E-state index contributed by atoms with van der Waals surface area (Å²) in [6, 6.07) is 7.03. The van der Waals surface area contributed by atoms with E-state index in [4.69, 9.17) is 0 Å². The van der Waals surface area contributed by atoms with E-state index in [2.05, 4.69) is 82.8 Å². The van der Waals surface area contributed by atoms with Gasteiger partial charge < -0.3 is 5.32 Å². The monoisotopic (exact) mass is 409 g/mol. The summed E-state index contributed by atoms with van der Waals surface area (Å²) in [5.74, 6) is 0.706. The van der Waals surface area contributed by atoms with Gasteiger partial charge in [0.1, 0.15) is 0 Å². The van der Waals surface area contributed by atoms with Crippen molar-refractivity contribution in [1.82, 2.24) is 5.32 Å². The SMILES string of the molecule is CCNC(c1cc(Br)ccc1I)C(CC)CC. The highest BCUT2D eigenvalue weighted by Gasteiger charge is 2.21. The number of halogens is 2. The summed E-state index contributed by atoms with van der Waals surface area (Å²) in [5.41, 5.74) is 1.43. The van der Waals surface area contributed by atoms with Crippen LogP contribution in [0, 0.1) is 9.49 Å². The molecule has 0 spiro atoms. The first-order valence-electron chi connectivity index (χ1n) is 6.32. The number of nitrogens with one attached hydrogen (secondary N) is 1. The van der Waals surface area contributed by atoms with Crippen molar-refractivity contribution >= 4 is 38.5 Å². The molecule has 1 aromatic carbocycles. The topological polar surface area (TPSA) is 12.0 Å². The second-order valence-corrected chi connectivity index (χ2v) is 6.36. The zero-order chi connectivity index (χ0) is 12.8. The Labute approximate surface area is 127 Å². The van der Waals surface area contributed by atoms with Gasteiger partial charge in [-0.1, -0.05) is 49.5 Å². The number of hydrogen-bond donors (Lipinski definition) is 1. The normalized spacial score (nSPS) is 13.1. The summed E-state index contributed by atoms with van der Waals surface area (Å²) >= 11 is 6.01. The van der Waals surface area contributed by atoms with Crippen molar-refractivity contribution in [2.75, 3.05) is 6.54 Å². The Bertz CT molecular complexity index is 350. The Morgan fingerprint density at radius 1 is 1.24 bits per heavy atom. The van der Waals surface area contributed by atoms with Crippen molar-refractivity contribution in [2.45, 2.75) is 39.7 Å². The summed E-state index contributed by atoms with van der Waals surface area (Å²) in [7, 11) is 0. The molecule has 1 atom stereocenters. The van der Waals surface area contributed by atoms with E-state index in [9.17, 15) is 0 Å². The molecule has 0 aliphatic rings. The molecule has 1 nitrogen and oxygen atoms in total. The molecule has 3 heteroatoms. The van der Waals surface area contributed by atoms with Crippen LogP contribution in [-0.2, 0) is 0 Å². The van der Waals surface area contributed by atoms with Gasteiger partial charge in [0, 0.05) is 14.1 Å². The average molecular weight is 410 g/mol. The van der Waals surface area contributed by atoms with Gasteiger partial charge in [-0.3, -0.25) is 0 Å². The van der Waals surface area contributed by atoms with Crippen LogP contribution in [0.5, 0.6) is 0 Å². The van der Waals surface area contributed by atoms with Crippen molar-refractivity contribution in [2.24, 2.45) is 5.92 Å². The molecule has 17 heavy (non-hydrogen) atoms. The van der Waals surface area contributed by atoms with Crippen molar-refractivity contribution < 1.29 is 0 Å². The third kappa shape index (κ3) is 4.21. The third-order valence-corrected chi connectivity index (χ3v) is 4.71. The Kier molecular flexibility index (Phi) is 7.04. The van der Waals surface area contributed by atoms with Crippen molar-refractivity contribution in [3.05, 3.63) is 31.8 Å². The van der Waals surface area contributed by atoms with Crippen LogP contribution in [0.25, 0.3) is 0 Å². The van der Waals surface area contributed by atoms with E-state index in [1.54, 1.807) is 0 Å². The average Bonchev–Trinajstić information content (AvgIpc) is 2.33. The summed E-state index contributed by atoms with van der Waals surface area (Å²) in [4.78, 5) is 0. The van der Waals surface area contributed by atoms with Crippen molar-refractivity contribution in [3.63, 3.8) is 0 Å². The molecule has 0 fully saturated rings. The van der Waals surface area contributed by atoms with Crippen LogP contribution < -0.4 is 5.32 Å². The molecule has 1 aromatic rings. The quantitative estimate of drug-likeness (QED) is 0.641. The third-order valence-electron chi connectivity index (χ3n) is 3.24. The molecule has 0 amide bonds. The van der Waals surface area contributed by atoms with Crippen LogP contribution >= 0.6 is 38.5 Å². The predicted molar refractivity (Wildman–Crippen MR) is 87.3 cm³/mol.